The zero-order valence-electron chi connectivity index (χ0n) is 28.5. The summed E-state index contributed by atoms with van der Waals surface area (Å²) in [6.45, 7) is -0.407. The summed E-state index contributed by atoms with van der Waals surface area (Å²) in [6.07, 6.45) is 4.16. The van der Waals surface area contributed by atoms with Crippen molar-refractivity contribution in [1.29, 1.82) is 0 Å². The number of benzene rings is 3. The average molecular weight is 782 g/mol. The molecule has 1 aromatic heterocycles. The number of para-hydroxylation sites is 1. The largest absolute Gasteiger partial charge is 0.455 e. The van der Waals surface area contributed by atoms with Gasteiger partial charge >= 0.3 is 5.97 Å². The van der Waals surface area contributed by atoms with Crippen molar-refractivity contribution in [3.63, 3.8) is 0 Å². The Hall–Kier alpha value is -5.18. The molecule has 0 aliphatic carbocycles. The zero-order chi connectivity index (χ0) is 36.7. The first-order valence-electron chi connectivity index (χ1n) is 17.6. The number of cyclic esters (lactones) is 1. The van der Waals surface area contributed by atoms with Crippen molar-refractivity contribution in [3.8, 4) is 0 Å². The summed E-state index contributed by atoms with van der Waals surface area (Å²) in [6, 6.07) is 23.2. The number of aromatic nitrogens is 3. The smallest absolute Gasteiger partial charge is 0.313 e. The van der Waals surface area contributed by atoms with E-state index >= 15 is 9.59 Å². The molecule has 1 spiro atoms. The summed E-state index contributed by atoms with van der Waals surface area (Å²) in [5.74, 6) is -4.21. The molecule has 0 unspecified atom stereocenters. The molecule has 13 nitrogen and oxygen atoms in total. The number of nitrogens with zero attached hydrogens (tertiary/aromatic N) is 5. The Morgan fingerprint density at radius 3 is 2.45 bits per heavy atom. The van der Waals surface area contributed by atoms with E-state index in [2.05, 4.69) is 31.6 Å². The summed E-state index contributed by atoms with van der Waals surface area (Å²) in [5, 5.41) is 22.4. The van der Waals surface area contributed by atoms with Gasteiger partial charge in [0.25, 0.3) is 5.91 Å². The van der Waals surface area contributed by atoms with E-state index in [0.29, 0.717) is 33.1 Å². The minimum atomic E-state index is -1.58. The van der Waals surface area contributed by atoms with Gasteiger partial charge in [-0.1, -0.05) is 106 Å². The standard InChI is InChI=1S/C39H37BrN6O7/c40-26-20-39-33-32(34(26)53-39)38(51)52-30(25-14-6-2-7-15-25)21-41-31(48)18-8-3-11-19-44(23-45-28-17-10-9-16-27(28)42-43-45)37(50)35(39)46(36(33)49)29(22-47)24-12-4-1-5-13-24/h1-7,9-17,20,29-30,32-35,47H,8,18-19,21-23H2,(H,41,48)/b11-3-/t29-,30-,32-,33+,34-,35-,39+/m1/s1. The van der Waals surface area contributed by atoms with Crippen LogP contribution < -0.4 is 5.32 Å². The lowest BCUT2D eigenvalue weighted by Gasteiger charge is -2.38. The van der Waals surface area contributed by atoms with Crippen LogP contribution in [-0.4, -0.2) is 91.0 Å². The molecule has 5 bridgehead atoms. The highest BCUT2D eigenvalue weighted by atomic mass is 79.9. The number of likely N-dealkylation sites (tertiary alicyclic amines) is 1. The van der Waals surface area contributed by atoms with Crippen LogP contribution in [0.25, 0.3) is 11.0 Å². The van der Waals surface area contributed by atoms with Crippen molar-refractivity contribution < 1.29 is 33.8 Å². The molecule has 2 N–H and O–H groups in total. The average Bonchev–Trinajstić information content (AvgIpc) is 3.90. The number of hydrogen-bond donors (Lipinski definition) is 2. The number of nitrogens with one attached hydrogen (secondary N) is 1. The summed E-state index contributed by atoms with van der Waals surface area (Å²) < 4.78 is 15.0. The van der Waals surface area contributed by atoms with Gasteiger partial charge in [-0.2, -0.15) is 0 Å². The minimum absolute atomic E-state index is 0.0186. The second-order valence-electron chi connectivity index (χ2n) is 13.6. The third kappa shape index (κ3) is 6.13. The highest BCUT2D eigenvalue weighted by Gasteiger charge is 2.75. The fraction of sp³-hybridized carbons (Fsp3) is 0.333. The van der Waals surface area contributed by atoms with Gasteiger partial charge in [-0.25, -0.2) is 4.68 Å². The summed E-state index contributed by atoms with van der Waals surface area (Å²) in [7, 11) is 0. The van der Waals surface area contributed by atoms with Gasteiger partial charge in [-0.3, -0.25) is 19.2 Å². The Morgan fingerprint density at radius 1 is 0.943 bits per heavy atom. The number of aliphatic hydroxyl groups excluding tert-OH is 1. The van der Waals surface area contributed by atoms with Crippen molar-refractivity contribution in [2.24, 2.45) is 11.8 Å². The van der Waals surface area contributed by atoms with Crippen molar-refractivity contribution in [3.05, 3.63) is 119 Å². The van der Waals surface area contributed by atoms with Crippen LogP contribution in [0.1, 0.15) is 36.1 Å². The van der Waals surface area contributed by atoms with E-state index in [1.54, 1.807) is 58.1 Å². The fourth-order valence-electron chi connectivity index (χ4n) is 8.09. The third-order valence-electron chi connectivity index (χ3n) is 10.5. The maximum atomic E-state index is 15.3. The normalized spacial score (nSPS) is 28.8. The topological polar surface area (TPSA) is 156 Å². The molecule has 7 atom stereocenters. The van der Waals surface area contributed by atoms with Crippen LogP contribution in [-0.2, 0) is 35.3 Å². The SMILES string of the molecule is O=C1CC/C=C\CN(Cn2nnc3ccccc32)C(=O)[C@H]2N([C@H](CO)c3ccccc3)C(=O)[C@@H]3[C@@H](C(=O)O[C@@H](c4ccccc4)CN1)[C@@H]1O[C@@]32C=C1Br. The first-order valence-corrected chi connectivity index (χ1v) is 18.4. The second-order valence-corrected chi connectivity index (χ2v) is 14.5. The molecule has 3 aromatic carbocycles. The van der Waals surface area contributed by atoms with Gasteiger partial charge in [0.05, 0.1) is 30.6 Å². The highest BCUT2D eigenvalue weighted by molar-refractivity contribution is 9.11. The van der Waals surface area contributed by atoms with E-state index in [4.69, 9.17) is 9.47 Å². The number of amides is 3. The van der Waals surface area contributed by atoms with Gasteiger partial charge in [0.15, 0.2) is 0 Å². The lowest BCUT2D eigenvalue weighted by atomic mass is 9.74. The number of aliphatic hydroxyl groups is 1. The summed E-state index contributed by atoms with van der Waals surface area (Å²) >= 11 is 3.61. The Labute approximate surface area is 313 Å². The molecule has 2 fully saturated rings. The van der Waals surface area contributed by atoms with E-state index in [0.717, 1.165) is 0 Å². The number of fused-ring (bicyclic) bond motifs is 3. The Bertz CT molecular complexity index is 2110. The fourth-order valence-corrected chi connectivity index (χ4v) is 8.82. The Balaban J connectivity index is 1.25. The van der Waals surface area contributed by atoms with Crippen LogP contribution in [0.3, 0.4) is 0 Å². The molecule has 53 heavy (non-hydrogen) atoms. The van der Waals surface area contributed by atoms with Crippen LogP contribution >= 0.6 is 15.9 Å². The molecule has 14 heteroatoms. The van der Waals surface area contributed by atoms with Crippen LogP contribution in [0.5, 0.6) is 0 Å². The van der Waals surface area contributed by atoms with E-state index in [-0.39, 0.29) is 32.1 Å². The lowest BCUT2D eigenvalue weighted by molar-refractivity contribution is -0.160. The number of esters is 1. The second kappa shape index (κ2) is 14.3. The van der Waals surface area contributed by atoms with Crippen molar-refractivity contribution in [1.82, 2.24) is 30.1 Å². The first kappa shape index (κ1) is 34.9. The van der Waals surface area contributed by atoms with Gasteiger partial charge in [0.1, 0.15) is 42.0 Å². The van der Waals surface area contributed by atoms with Crippen LogP contribution in [0.2, 0.25) is 0 Å². The summed E-state index contributed by atoms with van der Waals surface area (Å²) in [5.41, 5.74) is 1.05. The number of hydrogen-bond acceptors (Lipinski definition) is 9. The van der Waals surface area contributed by atoms with E-state index < -0.39 is 66.1 Å². The molecule has 4 aliphatic heterocycles. The number of rotatable bonds is 6. The quantitative estimate of drug-likeness (QED) is 0.221. The summed E-state index contributed by atoms with van der Waals surface area (Å²) in [4.78, 5) is 60.6. The zero-order valence-corrected chi connectivity index (χ0v) is 30.1. The number of carbonyl (C=O) groups excluding carboxylic acids is 4. The third-order valence-corrected chi connectivity index (χ3v) is 11.2. The van der Waals surface area contributed by atoms with Gasteiger partial charge in [-0.05, 0) is 35.8 Å². The predicted molar refractivity (Wildman–Crippen MR) is 194 cm³/mol. The van der Waals surface area contributed by atoms with Gasteiger partial charge in [-0.15, -0.1) is 5.10 Å². The number of carbonyl (C=O) groups is 4. The van der Waals surface area contributed by atoms with Crippen molar-refractivity contribution in [2.45, 2.75) is 49.4 Å². The molecule has 272 valence electrons. The molecule has 4 aromatic rings. The van der Waals surface area contributed by atoms with Crippen LogP contribution in [0.4, 0.5) is 0 Å². The van der Waals surface area contributed by atoms with E-state index in [1.165, 1.54) is 4.90 Å². The first-order chi connectivity index (χ1) is 25.8. The molecule has 0 radical (unpaired) electrons. The van der Waals surface area contributed by atoms with Gasteiger partial charge in [0.2, 0.25) is 11.8 Å². The lowest BCUT2D eigenvalue weighted by Crippen LogP contribution is -2.57. The van der Waals surface area contributed by atoms with Crippen molar-refractivity contribution >= 4 is 50.7 Å². The predicted octanol–water partition coefficient (Wildman–Crippen LogP) is 3.57. The van der Waals surface area contributed by atoms with Gasteiger partial charge < -0.3 is 29.7 Å². The monoisotopic (exact) mass is 780 g/mol. The molecule has 4 aliphatic rings. The molecule has 5 heterocycles. The number of allylic oxidation sites excluding steroid dienone is 1. The molecule has 8 rings (SSSR count). The maximum absolute atomic E-state index is 15.3. The van der Waals surface area contributed by atoms with Crippen LogP contribution in [0, 0.1) is 11.8 Å². The Morgan fingerprint density at radius 2 is 1.68 bits per heavy atom. The highest BCUT2D eigenvalue weighted by Crippen LogP contribution is 2.60. The minimum Gasteiger partial charge on any atom is -0.455 e. The molecule has 2 saturated heterocycles. The number of ether oxygens (including phenoxy) is 2. The number of halogens is 1. The maximum Gasteiger partial charge on any atom is 0.313 e. The van der Waals surface area contributed by atoms with Crippen molar-refractivity contribution in [2.75, 3.05) is 19.7 Å². The van der Waals surface area contributed by atoms with E-state index in [1.807, 2.05) is 54.6 Å². The molecular formula is C39H37BrN6O7. The van der Waals surface area contributed by atoms with Gasteiger partial charge in [0, 0.05) is 17.4 Å². The molecular weight excluding hydrogens is 744 g/mol. The molecule has 3 amide bonds. The van der Waals surface area contributed by atoms with E-state index in [9.17, 15) is 14.7 Å². The Kier molecular flexibility index (Phi) is 9.43. The molecule has 0 saturated carbocycles. The van der Waals surface area contributed by atoms with Crippen LogP contribution in [0.15, 0.2) is 108 Å².